The summed E-state index contributed by atoms with van der Waals surface area (Å²) in [5.74, 6) is -0.383. The first-order valence-corrected chi connectivity index (χ1v) is 5.93. The highest BCUT2D eigenvalue weighted by molar-refractivity contribution is 5.92. The second-order valence-corrected chi connectivity index (χ2v) is 4.17. The lowest BCUT2D eigenvalue weighted by Gasteiger charge is -2.13. The number of ether oxygens (including phenoxy) is 1. The van der Waals surface area contributed by atoms with Crippen LogP contribution in [0.3, 0.4) is 0 Å². The second kappa shape index (κ2) is 6.96. The zero-order valence-electron chi connectivity index (χ0n) is 10.7. The van der Waals surface area contributed by atoms with Gasteiger partial charge >= 0.3 is 0 Å². The summed E-state index contributed by atoms with van der Waals surface area (Å²) in [6, 6.07) is 4.23. The Kier molecular flexibility index (Phi) is 5.58. The summed E-state index contributed by atoms with van der Waals surface area (Å²) in [4.78, 5) is 11.8. The fourth-order valence-electron chi connectivity index (χ4n) is 1.54. The molecule has 0 radical (unpaired) electrons. The SMILES string of the molecule is COc1ccc(F)c(NC(=O)C(C)CCCN)c1. The first kappa shape index (κ1) is 14.4. The molecule has 0 saturated carbocycles. The van der Waals surface area contributed by atoms with E-state index >= 15 is 0 Å². The molecule has 3 N–H and O–H groups in total. The van der Waals surface area contributed by atoms with E-state index in [1.165, 1.54) is 25.3 Å². The summed E-state index contributed by atoms with van der Waals surface area (Å²) >= 11 is 0. The van der Waals surface area contributed by atoms with Gasteiger partial charge in [-0.1, -0.05) is 6.92 Å². The Labute approximate surface area is 106 Å². The lowest BCUT2D eigenvalue weighted by molar-refractivity contribution is -0.119. The maximum absolute atomic E-state index is 13.5. The van der Waals surface area contributed by atoms with Gasteiger partial charge in [-0.15, -0.1) is 0 Å². The Morgan fingerprint density at radius 3 is 2.89 bits per heavy atom. The van der Waals surface area contributed by atoms with Crippen molar-refractivity contribution in [2.75, 3.05) is 19.0 Å². The normalized spacial score (nSPS) is 12.0. The third-order valence-corrected chi connectivity index (χ3v) is 2.72. The zero-order valence-corrected chi connectivity index (χ0v) is 10.7. The molecule has 4 nitrogen and oxygen atoms in total. The minimum Gasteiger partial charge on any atom is -0.497 e. The molecule has 0 heterocycles. The maximum atomic E-state index is 13.5. The van der Waals surface area contributed by atoms with Crippen LogP contribution in [0.1, 0.15) is 19.8 Å². The number of benzene rings is 1. The molecule has 0 aliphatic carbocycles. The molecule has 0 bridgehead atoms. The number of carbonyl (C=O) groups excluding carboxylic acids is 1. The van der Waals surface area contributed by atoms with Crippen molar-refractivity contribution in [2.45, 2.75) is 19.8 Å². The van der Waals surface area contributed by atoms with Crippen LogP contribution in [-0.2, 0) is 4.79 Å². The monoisotopic (exact) mass is 254 g/mol. The van der Waals surface area contributed by atoms with Gasteiger partial charge in [0.15, 0.2) is 0 Å². The van der Waals surface area contributed by atoms with Gasteiger partial charge in [0.2, 0.25) is 5.91 Å². The van der Waals surface area contributed by atoms with E-state index < -0.39 is 5.82 Å². The fraction of sp³-hybridized carbons (Fsp3) is 0.462. The molecule has 5 heteroatoms. The van der Waals surface area contributed by atoms with E-state index in [4.69, 9.17) is 10.5 Å². The van der Waals surface area contributed by atoms with Gasteiger partial charge in [-0.3, -0.25) is 4.79 Å². The fourth-order valence-corrected chi connectivity index (χ4v) is 1.54. The Hall–Kier alpha value is -1.62. The van der Waals surface area contributed by atoms with Gasteiger partial charge in [0.25, 0.3) is 0 Å². The number of carbonyl (C=O) groups is 1. The average Bonchev–Trinajstić information content (AvgIpc) is 2.38. The van der Waals surface area contributed by atoms with E-state index in [2.05, 4.69) is 5.32 Å². The predicted molar refractivity (Wildman–Crippen MR) is 69.0 cm³/mol. The minimum atomic E-state index is -0.477. The minimum absolute atomic E-state index is 0.138. The Morgan fingerprint density at radius 2 is 2.28 bits per heavy atom. The van der Waals surface area contributed by atoms with E-state index in [0.717, 1.165) is 6.42 Å². The van der Waals surface area contributed by atoms with E-state index in [1.807, 2.05) is 0 Å². The number of anilines is 1. The van der Waals surface area contributed by atoms with Crippen molar-refractivity contribution >= 4 is 11.6 Å². The van der Waals surface area contributed by atoms with Crippen LogP contribution in [0.15, 0.2) is 18.2 Å². The largest absolute Gasteiger partial charge is 0.497 e. The zero-order chi connectivity index (χ0) is 13.5. The van der Waals surface area contributed by atoms with E-state index in [9.17, 15) is 9.18 Å². The third kappa shape index (κ3) is 4.00. The molecular weight excluding hydrogens is 235 g/mol. The number of hydrogen-bond donors (Lipinski definition) is 2. The molecule has 1 unspecified atom stereocenters. The van der Waals surface area contributed by atoms with Crippen LogP contribution < -0.4 is 15.8 Å². The molecule has 0 spiro atoms. The number of hydrogen-bond acceptors (Lipinski definition) is 3. The van der Waals surface area contributed by atoms with Crippen LogP contribution in [0.25, 0.3) is 0 Å². The first-order chi connectivity index (χ1) is 8.58. The van der Waals surface area contributed by atoms with Gasteiger partial charge in [0, 0.05) is 12.0 Å². The number of nitrogens with two attached hydrogens (primary N) is 1. The highest BCUT2D eigenvalue weighted by Crippen LogP contribution is 2.22. The average molecular weight is 254 g/mol. The van der Waals surface area contributed by atoms with E-state index in [1.54, 1.807) is 6.92 Å². The third-order valence-electron chi connectivity index (χ3n) is 2.72. The molecule has 1 atom stereocenters. The molecule has 1 aromatic rings. The number of rotatable bonds is 6. The maximum Gasteiger partial charge on any atom is 0.227 e. The number of nitrogens with one attached hydrogen (secondary N) is 1. The smallest absolute Gasteiger partial charge is 0.227 e. The quantitative estimate of drug-likeness (QED) is 0.817. The standard InChI is InChI=1S/C13H19FN2O2/c1-9(4-3-7-15)13(17)16-12-8-10(18-2)5-6-11(12)14/h5-6,8-9H,3-4,7,15H2,1-2H3,(H,16,17). The lowest BCUT2D eigenvalue weighted by atomic mass is 10.0. The molecule has 0 aliphatic rings. The van der Waals surface area contributed by atoms with Crippen LogP contribution >= 0.6 is 0 Å². The number of amides is 1. The van der Waals surface area contributed by atoms with Gasteiger partial charge in [0.05, 0.1) is 12.8 Å². The first-order valence-electron chi connectivity index (χ1n) is 5.93. The van der Waals surface area contributed by atoms with Gasteiger partial charge < -0.3 is 15.8 Å². The second-order valence-electron chi connectivity index (χ2n) is 4.17. The predicted octanol–water partition coefficient (Wildman–Crippen LogP) is 2.15. The van der Waals surface area contributed by atoms with Crippen molar-refractivity contribution < 1.29 is 13.9 Å². The van der Waals surface area contributed by atoms with Crippen molar-refractivity contribution in [3.05, 3.63) is 24.0 Å². The molecule has 0 fully saturated rings. The summed E-state index contributed by atoms with van der Waals surface area (Å²) in [5, 5.41) is 2.56. The highest BCUT2D eigenvalue weighted by Gasteiger charge is 2.14. The molecule has 1 aromatic carbocycles. The number of halogens is 1. The summed E-state index contributed by atoms with van der Waals surface area (Å²) in [6.45, 7) is 2.34. The van der Waals surface area contributed by atoms with Crippen LogP contribution in [0.4, 0.5) is 10.1 Å². The van der Waals surface area contributed by atoms with Crippen molar-refractivity contribution in [2.24, 2.45) is 11.7 Å². The van der Waals surface area contributed by atoms with E-state index in [0.29, 0.717) is 18.7 Å². The summed E-state index contributed by atoms with van der Waals surface area (Å²) in [5.41, 5.74) is 5.52. The van der Waals surface area contributed by atoms with Crippen molar-refractivity contribution in [1.82, 2.24) is 0 Å². The summed E-state index contributed by atoms with van der Waals surface area (Å²) < 4.78 is 18.5. The molecule has 1 rings (SSSR count). The molecule has 1 amide bonds. The van der Waals surface area contributed by atoms with Gasteiger partial charge in [-0.25, -0.2) is 4.39 Å². The number of methoxy groups -OCH3 is 1. The topological polar surface area (TPSA) is 64.3 Å². The Morgan fingerprint density at radius 1 is 1.56 bits per heavy atom. The Bertz CT molecular complexity index is 410. The Balaban J connectivity index is 2.68. The van der Waals surface area contributed by atoms with Crippen LogP contribution in [-0.4, -0.2) is 19.6 Å². The summed E-state index contributed by atoms with van der Waals surface area (Å²) in [6.07, 6.45) is 1.46. The van der Waals surface area contributed by atoms with Gasteiger partial charge in [-0.05, 0) is 31.5 Å². The molecule has 18 heavy (non-hydrogen) atoms. The molecule has 0 aliphatic heterocycles. The van der Waals surface area contributed by atoms with E-state index in [-0.39, 0.29) is 17.5 Å². The van der Waals surface area contributed by atoms with Gasteiger partial charge in [-0.2, -0.15) is 0 Å². The van der Waals surface area contributed by atoms with Crippen molar-refractivity contribution in [1.29, 1.82) is 0 Å². The molecule has 100 valence electrons. The summed E-state index contributed by atoms with van der Waals surface area (Å²) in [7, 11) is 1.49. The van der Waals surface area contributed by atoms with Crippen molar-refractivity contribution in [3.63, 3.8) is 0 Å². The lowest BCUT2D eigenvalue weighted by Crippen LogP contribution is -2.21. The molecular formula is C13H19FN2O2. The van der Waals surface area contributed by atoms with Crippen LogP contribution in [0.5, 0.6) is 5.75 Å². The van der Waals surface area contributed by atoms with Crippen molar-refractivity contribution in [3.8, 4) is 5.75 Å². The van der Waals surface area contributed by atoms with Crippen LogP contribution in [0, 0.1) is 11.7 Å². The van der Waals surface area contributed by atoms with Gasteiger partial charge in [0.1, 0.15) is 11.6 Å². The van der Waals surface area contributed by atoms with Crippen LogP contribution in [0.2, 0.25) is 0 Å². The molecule has 0 saturated heterocycles. The highest BCUT2D eigenvalue weighted by atomic mass is 19.1. The molecule has 0 aromatic heterocycles.